The van der Waals surface area contributed by atoms with Crippen molar-refractivity contribution < 1.29 is 0 Å². The van der Waals surface area contributed by atoms with Crippen molar-refractivity contribution in [1.29, 1.82) is 5.26 Å². The summed E-state index contributed by atoms with van der Waals surface area (Å²) < 4.78 is 0. The average Bonchev–Trinajstić information content (AvgIpc) is 2.06. The zero-order valence-corrected chi connectivity index (χ0v) is 7.89. The van der Waals surface area contributed by atoms with E-state index in [2.05, 4.69) is 19.1 Å². The molecule has 0 spiro atoms. The van der Waals surface area contributed by atoms with Crippen molar-refractivity contribution in [1.82, 2.24) is 0 Å². The van der Waals surface area contributed by atoms with Crippen LogP contribution in [0.5, 0.6) is 0 Å². The minimum Gasteiger partial charge on any atom is -0.193 e. The summed E-state index contributed by atoms with van der Waals surface area (Å²) in [7, 11) is 0. The Labute approximate surface area is 70.0 Å². The molecule has 0 bridgehead atoms. The molecule has 0 rings (SSSR count). The predicted octanol–water partition coefficient (Wildman–Crippen LogP) is 3.45. The number of hydrogen-bond acceptors (Lipinski definition) is 1. The van der Waals surface area contributed by atoms with Crippen molar-refractivity contribution in [2.45, 2.75) is 34.1 Å². The minimum absolute atomic E-state index is 0.773. The molecule has 0 aromatic rings. The first-order valence-electron chi connectivity index (χ1n) is 3.87. The second kappa shape index (κ2) is 11.7. The SMILES string of the molecule is C/C=C(\C)C#N.C/C=C/CC. The average molecular weight is 151 g/mol. The molecule has 1 nitrogen and oxygen atoms in total. The highest BCUT2D eigenvalue weighted by atomic mass is 14.2. The van der Waals surface area contributed by atoms with E-state index < -0.39 is 0 Å². The van der Waals surface area contributed by atoms with Crippen molar-refractivity contribution in [2.75, 3.05) is 0 Å². The second-order valence-corrected chi connectivity index (χ2v) is 2.06. The molecule has 0 saturated carbocycles. The van der Waals surface area contributed by atoms with E-state index in [9.17, 15) is 0 Å². The molecule has 0 aliphatic carbocycles. The molecule has 1 heteroatoms. The molecule has 0 atom stereocenters. The van der Waals surface area contributed by atoms with Crippen LogP contribution in [0.1, 0.15) is 34.1 Å². The van der Waals surface area contributed by atoms with Crippen LogP contribution in [-0.2, 0) is 0 Å². The summed E-state index contributed by atoms with van der Waals surface area (Å²) in [6.45, 7) is 7.78. The normalized spacial score (nSPS) is 10.3. The van der Waals surface area contributed by atoms with Gasteiger partial charge in [-0.25, -0.2) is 0 Å². The standard InChI is InChI=1S/C5H7N.C5H10/c1-3-5(2)4-6;1-3-5-4-2/h3H,1-2H3;3,5H,4H2,1-2H3/b2*5-3+. The number of nitriles is 1. The Balaban J connectivity index is 0. The Bertz CT molecular complexity index is 158. The lowest BCUT2D eigenvalue weighted by Crippen LogP contribution is -1.58. The summed E-state index contributed by atoms with van der Waals surface area (Å²) in [4.78, 5) is 0. The van der Waals surface area contributed by atoms with E-state index in [1.165, 1.54) is 0 Å². The van der Waals surface area contributed by atoms with Gasteiger partial charge in [-0.2, -0.15) is 5.26 Å². The highest BCUT2D eigenvalue weighted by molar-refractivity contribution is 5.15. The third-order valence-corrected chi connectivity index (χ3v) is 1.08. The summed E-state index contributed by atoms with van der Waals surface area (Å²) >= 11 is 0. The lowest BCUT2D eigenvalue weighted by atomic mass is 10.3. The Morgan fingerprint density at radius 2 is 2.00 bits per heavy atom. The first-order chi connectivity index (χ1) is 5.22. The Hall–Kier alpha value is -1.03. The highest BCUT2D eigenvalue weighted by Gasteiger charge is 1.71. The Kier molecular flexibility index (Phi) is 13.5. The van der Waals surface area contributed by atoms with Crippen LogP contribution in [0.4, 0.5) is 0 Å². The third-order valence-electron chi connectivity index (χ3n) is 1.08. The van der Waals surface area contributed by atoms with Gasteiger partial charge < -0.3 is 0 Å². The van der Waals surface area contributed by atoms with Gasteiger partial charge in [0.25, 0.3) is 0 Å². The summed E-state index contributed by atoms with van der Waals surface area (Å²) in [6, 6.07) is 1.98. The molecule has 0 heterocycles. The first-order valence-corrected chi connectivity index (χ1v) is 3.87. The van der Waals surface area contributed by atoms with E-state index in [0.29, 0.717) is 0 Å². The van der Waals surface area contributed by atoms with Crippen LogP contribution >= 0.6 is 0 Å². The lowest BCUT2D eigenvalue weighted by molar-refractivity contribution is 1.22. The molecule has 0 N–H and O–H groups in total. The van der Waals surface area contributed by atoms with Crippen molar-refractivity contribution in [3.63, 3.8) is 0 Å². The number of allylic oxidation sites excluding steroid dienone is 4. The third kappa shape index (κ3) is 17.6. The maximum atomic E-state index is 8.02. The summed E-state index contributed by atoms with van der Waals surface area (Å²) in [5.41, 5.74) is 0.773. The molecular formula is C10H17N. The predicted molar refractivity (Wildman–Crippen MR) is 50.1 cm³/mol. The van der Waals surface area contributed by atoms with E-state index in [4.69, 9.17) is 5.26 Å². The van der Waals surface area contributed by atoms with Gasteiger partial charge in [0.1, 0.15) is 0 Å². The van der Waals surface area contributed by atoms with Crippen molar-refractivity contribution in [2.24, 2.45) is 0 Å². The quantitative estimate of drug-likeness (QED) is 0.416. The number of nitrogens with zero attached hydrogens (tertiary/aromatic N) is 1. The largest absolute Gasteiger partial charge is 0.193 e. The molecule has 0 aromatic carbocycles. The fraction of sp³-hybridized carbons (Fsp3) is 0.500. The molecule has 0 aliphatic heterocycles. The van der Waals surface area contributed by atoms with Gasteiger partial charge in [-0.1, -0.05) is 25.2 Å². The summed E-state index contributed by atoms with van der Waals surface area (Å²) in [5, 5.41) is 8.02. The summed E-state index contributed by atoms with van der Waals surface area (Å²) in [6.07, 6.45) is 7.12. The van der Waals surface area contributed by atoms with Crippen LogP contribution in [0.15, 0.2) is 23.8 Å². The van der Waals surface area contributed by atoms with Crippen LogP contribution in [0.25, 0.3) is 0 Å². The summed E-state index contributed by atoms with van der Waals surface area (Å²) in [5.74, 6) is 0. The smallest absolute Gasteiger partial charge is 0.0940 e. The van der Waals surface area contributed by atoms with Gasteiger partial charge in [-0.05, 0) is 27.2 Å². The Morgan fingerprint density at radius 1 is 1.45 bits per heavy atom. The molecule has 0 radical (unpaired) electrons. The van der Waals surface area contributed by atoms with E-state index in [0.717, 1.165) is 12.0 Å². The van der Waals surface area contributed by atoms with Crippen molar-refractivity contribution >= 4 is 0 Å². The minimum atomic E-state index is 0.773. The molecular weight excluding hydrogens is 134 g/mol. The van der Waals surface area contributed by atoms with E-state index >= 15 is 0 Å². The Morgan fingerprint density at radius 3 is 2.00 bits per heavy atom. The van der Waals surface area contributed by atoms with Gasteiger partial charge in [0.2, 0.25) is 0 Å². The zero-order valence-electron chi connectivity index (χ0n) is 7.89. The van der Waals surface area contributed by atoms with Crippen LogP contribution < -0.4 is 0 Å². The molecule has 0 aromatic heterocycles. The van der Waals surface area contributed by atoms with Crippen LogP contribution in [0.2, 0.25) is 0 Å². The van der Waals surface area contributed by atoms with Gasteiger partial charge >= 0.3 is 0 Å². The van der Waals surface area contributed by atoms with Crippen LogP contribution in [-0.4, -0.2) is 0 Å². The molecule has 0 saturated heterocycles. The molecule has 0 unspecified atom stereocenters. The highest BCUT2D eigenvalue weighted by Crippen LogP contribution is 1.83. The van der Waals surface area contributed by atoms with Crippen molar-refractivity contribution in [3.8, 4) is 6.07 Å². The number of hydrogen-bond donors (Lipinski definition) is 0. The fourth-order valence-electron chi connectivity index (χ4n) is 0.300. The van der Waals surface area contributed by atoms with Crippen LogP contribution in [0, 0.1) is 11.3 Å². The van der Waals surface area contributed by atoms with E-state index in [-0.39, 0.29) is 0 Å². The molecule has 0 aliphatic rings. The maximum Gasteiger partial charge on any atom is 0.0940 e. The van der Waals surface area contributed by atoms with Gasteiger partial charge in [-0.15, -0.1) is 0 Å². The maximum absolute atomic E-state index is 8.02. The fourth-order valence-corrected chi connectivity index (χ4v) is 0.300. The van der Waals surface area contributed by atoms with E-state index in [1.54, 1.807) is 13.0 Å². The molecule has 0 amide bonds. The monoisotopic (exact) mass is 151 g/mol. The lowest BCUT2D eigenvalue weighted by Gasteiger charge is -1.70. The molecule has 62 valence electrons. The van der Waals surface area contributed by atoms with Gasteiger partial charge in [0.15, 0.2) is 0 Å². The molecule has 0 fully saturated rings. The van der Waals surface area contributed by atoms with Gasteiger partial charge in [0, 0.05) is 5.57 Å². The first kappa shape index (κ1) is 12.6. The topological polar surface area (TPSA) is 23.8 Å². The second-order valence-electron chi connectivity index (χ2n) is 2.06. The van der Waals surface area contributed by atoms with E-state index in [1.807, 2.05) is 19.9 Å². The van der Waals surface area contributed by atoms with Crippen LogP contribution in [0.3, 0.4) is 0 Å². The zero-order chi connectivity index (χ0) is 9.11. The molecule has 11 heavy (non-hydrogen) atoms. The number of rotatable bonds is 1. The van der Waals surface area contributed by atoms with Crippen molar-refractivity contribution in [3.05, 3.63) is 23.8 Å². The van der Waals surface area contributed by atoms with Gasteiger partial charge in [-0.3, -0.25) is 0 Å². The van der Waals surface area contributed by atoms with Gasteiger partial charge in [0.05, 0.1) is 6.07 Å².